The van der Waals surface area contributed by atoms with Gasteiger partial charge in [-0.2, -0.15) is 0 Å². The Morgan fingerprint density at radius 1 is 1.28 bits per heavy atom. The van der Waals surface area contributed by atoms with Crippen LogP contribution in [0.15, 0.2) is 16.5 Å². The summed E-state index contributed by atoms with van der Waals surface area (Å²) in [5, 5.41) is 3.49. The molecule has 3 rings (SSSR count). The molecule has 1 saturated heterocycles. The third kappa shape index (κ3) is 2.96. The molecule has 0 spiro atoms. The van der Waals surface area contributed by atoms with Gasteiger partial charge in [0.1, 0.15) is 11.5 Å². The molecule has 1 atom stereocenters. The van der Waals surface area contributed by atoms with Gasteiger partial charge in [-0.15, -0.1) is 0 Å². The number of furan rings is 1. The summed E-state index contributed by atoms with van der Waals surface area (Å²) in [5.74, 6) is 2.21. The Labute approximate surface area is 110 Å². The maximum atomic E-state index is 5.91. The van der Waals surface area contributed by atoms with Gasteiger partial charge in [0.05, 0.1) is 13.1 Å². The summed E-state index contributed by atoms with van der Waals surface area (Å²) in [4.78, 5) is 2.57. The molecule has 1 aliphatic heterocycles. The van der Waals surface area contributed by atoms with Crippen molar-refractivity contribution in [2.75, 3.05) is 6.54 Å². The van der Waals surface area contributed by atoms with Gasteiger partial charge in [0.15, 0.2) is 0 Å². The molecule has 3 heteroatoms. The lowest BCUT2D eigenvalue weighted by Gasteiger charge is -2.21. The van der Waals surface area contributed by atoms with E-state index in [0.717, 1.165) is 36.7 Å². The van der Waals surface area contributed by atoms with Crippen LogP contribution in [0.5, 0.6) is 0 Å². The second kappa shape index (κ2) is 5.45. The van der Waals surface area contributed by atoms with Gasteiger partial charge in [0.2, 0.25) is 0 Å². The average molecular weight is 248 g/mol. The van der Waals surface area contributed by atoms with E-state index in [4.69, 9.17) is 4.42 Å². The molecule has 1 aromatic rings. The minimum Gasteiger partial charge on any atom is -0.463 e. The number of hydrogen-bond acceptors (Lipinski definition) is 3. The maximum absolute atomic E-state index is 5.91. The lowest BCUT2D eigenvalue weighted by Crippen LogP contribution is -2.27. The highest BCUT2D eigenvalue weighted by molar-refractivity contribution is 5.08. The third-order valence-corrected chi connectivity index (χ3v) is 4.19. The number of likely N-dealkylation sites (tertiary alicyclic amines) is 1. The van der Waals surface area contributed by atoms with E-state index < -0.39 is 0 Å². The molecule has 18 heavy (non-hydrogen) atoms. The van der Waals surface area contributed by atoms with E-state index in [2.05, 4.69) is 29.3 Å². The topological polar surface area (TPSA) is 28.4 Å². The summed E-state index contributed by atoms with van der Waals surface area (Å²) in [6, 6.07) is 5.79. The first-order valence-corrected chi connectivity index (χ1v) is 7.40. The van der Waals surface area contributed by atoms with E-state index in [-0.39, 0.29) is 0 Å². The van der Waals surface area contributed by atoms with Crippen molar-refractivity contribution >= 4 is 0 Å². The fourth-order valence-corrected chi connectivity index (χ4v) is 2.90. The van der Waals surface area contributed by atoms with E-state index in [1.54, 1.807) is 0 Å². The van der Waals surface area contributed by atoms with Gasteiger partial charge in [0, 0.05) is 12.1 Å². The van der Waals surface area contributed by atoms with E-state index in [0.29, 0.717) is 0 Å². The minimum absolute atomic E-state index is 0.751. The van der Waals surface area contributed by atoms with Crippen molar-refractivity contribution in [2.45, 2.75) is 64.2 Å². The monoisotopic (exact) mass is 248 g/mol. The van der Waals surface area contributed by atoms with Crippen LogP contribution in [0.25, 0.3) is 0 Å². The van der Waals surface area contributed by atoms with Crippen LogP contribution in [0.1, 0.15) is 50.5 Å². The number of rotatable bonds is 6. The highest BCUT2D eigenvalue weighted by Crippen LogP contribution is 2.23. The zero-order valence-electron chi connectivity index (χ0n) is 11.3. The van der Waals surface area contributed by atoms with Crippen molar-refractivity contribution in [2.24, 2.45) is 0 Å². The van der Waals surface area contributed by atoms with Crippen molar-refractivity contribution in [3.8, 4) is 0 Å². The molecule has 0 aromatic carbocycles. The summed E-state index contributed by atoms with van der Waals surface area (Å²) in [6.45, 7) is 5.40. The lowest BCUT2D eigenvalue weighted by molar-refractivity contribution is 0.219. The summed E-state index contributed by atoms with van der Waals surface area (Å²) in [5.41, 5.74) is 0. The molecule has 1 aromatic heterocycles. The van der Waals surface area contributed by atoms with Crippen molar-refractivity contribution in [3.63, 3.8) is 0 Å². The second-order valence-corrected chi connectivity index (χ2v) is 5.70. The molecule has 2 fully saturated rings. The van der Waals surface area contributed by atoms with Crippen LogP contribution in [-0.2, 0) is 13.1 Å². The minimum atomic E-state index is 0.751. The molecule has 1 N–H and O–H groups in total. The molecule has 1 aliphatic carbocycles. The molecule has 3 nitrogen and oxygen atoms in total. The Balaban J connectivity index is 1.52. The molecule has 100 valence electrons. The van der Waals surface area contributed by atoms with Crippen LogP contribution in [0, 0.1) is 0 Å². The quantitative estimate of drug-likeness (QED) is 0.839. The molecule has 2 aliphatic rings. The highest BCUT2D eigenvalue weighted by atomic mass is 16.3. The average Bonchev–Trinajstić information content (AvgIpc) is 2.93. The lowest BCUT2D eigenvalue weighted by atomic mass is 10.2. The van der Waals surface area contributed by atoms with Gasteiger partial charge in [-0.3, -0.25) is 4.90 Å². The van der Waals surface area contributed by atoms with Gasteiger partial charge in [-0.1, -0.05) is 6.92 Å². The predicted octanol–water partition coefficient (Wildman–Crippen LogP) is 2.91. The van der Waals surface area contributed by atoms with Crippen LogP contribution in [0.2, 0.25) is 0 Å². The van der Waals surface area contributed by atoms with Crippen LogP contribution >= 0.6 is 0 Å². The Morgan fingerprint density at radius 2 is 2.11 bits per heavy atom. The molecule has 0 radical (unpaired) electrons. The molecular weight excluding hydrogens is 224 g/mol. The Morgan fingerprint density at radius 3 is 2.89 bits per heavy atom. The normalized spacial score (nSPS) is 24.8. The fraction of sp³-hybridized carbons (Fsp3) is 0.733. The molecule has 1 saturated carbocycles. The zero-order valence-corrected chi connectivity index (χ0v) is 11.3. The first-order valence-electron chi connectivity index (χ1n) is 7.40. The van der Waals surface area contributed by atoms with Gasteiger partial charge < -0.3 is 9.73 Å². The van der Waals surface area contributed by atoms with Crippen molar-refractivity contribution in [3.05, 3.63) is 23.7 Å². The summed E-state index contributed by atoms with van der Waals surface area (Å²) < 4.78 is 5.91. The predicted molar refractivity (Wildman–Crippen MR) is 72.3 cm³/mol. The van der Waals surface area contributed by atoms with Crippen LogP contribution in [-0.4, -0.2) is 23.5 Å². The molecule has 0 bridgehead atoms. The van der Waals surface area contributed by atoms with Crippen LogP contribution in [0.4, 0.5) is 0 Å². The van der Waals surface area contributed by atoms with Crippen molar-refractivity contribution in [1.29, 1.82) is 0 Å². The van der Waals surface area contributed by atoms with Gasteiger partial charge in [-0.05, 0) is 50.8 Å². The summed E-state index contributed by atoms with van der Waals surface area (Å²) in [6.07, 6.45) is 6.62. The molecule has 2 heterocycles. The highest BCUT2D eigenvalue weighted by Gasteiger charge is 2.24. The van der Waals surface area contributed by atoms with E-state index >= 15 is 0 Å². The molecule has 1 unspecified atom stereocenters. The van der Waals surface area contributed by atoms with E-state index in [9.17, 15) is 0 Å². The number of nitrogens with one attached hydrogen (secondary N) is 1. The van der Waals surface area contributed by atoms with Crippen molar-refractivity contribution < 1.29 is 4.42 Å². The Bertz CT molecular complexity index is 384. The van der Waals surface area contributed by atoms with Gasteiger partial charge in [-0.25, -0.2) is 0 Å². The fourth-order valence-electron chi connectivity index (χ4n) is 2.90. The van der Waals surface area contributed by atoms with Gasteiger partial charge >= 0.3 is 0 Å². The smallest absolute Gasteiger partial charge is 0.118 e. The van der Waals surface area contributed by atoms with E-state index in [1.807, 2.05) is 0 Å². The number of hydrogen-bond donors (Lipinski definition) is 1. The van der Waals surface area contributed by atoms with Crippen molar-refractivity contribution in [1.82, 2.24) is 10.2 Å². The summed E-state index contributed by atoms with van der Waals surface area (Å²) in [7, 11) is 0. The Hall–Kier alpha value is -0.800. The Kier molecular flexibility index (Phi) is 3.71. The first-order chi connectivity index (χ1) is 8.85. The number of nitrogens with zero attached hydrogens (tertiary/aromatic N) is 1. The van der Waals surface area contributed by atoms with Gasteiger partial charge in [0.25, 0.3) is 0 Å². The van der Waals surface area contributed by atoms with Crippen LogP contribution in [0.3, 0.4) is 0 Å². The standard InChI is InChI=1S/C15H24N2O/c1-2-13-4-3-9-17(13)11-15-8-7-14(18-15)10-16-12-5-6-12/h7-8,12-13,16H,2-6,9-11H2,1H3. The second-order valence-electron chi connectivity index (χ2n) is 5.70. The SMILES string of the molecule is CCC1CCCN1Cc1ccc(CNC2CC2)o1. The molecule has 0 amide bonds. The maximum Gasteiger partial charge on any atom is 0.118 e. The zero-order chi connectivity index (χ0) is 12.4. The first kappa shape index (κ1) is 12.2. The molecular formula is C15H24N2O. The summed E-state index contributed by atoms with van der Waals surface area (Å²) >= 11 is 0. The third-order valence-electron chi connectivity index (χ3n) is 4.19. The van der Waals surface area contributed by atoms with Crippen LogP contribution < -0.4 is 5.32 Å². The largest absolute Gasteiger partial charge is 0.463 e. The van der Waals surface area contributed by atoms with E-state index in [1.165, 1.54) is 38.6 Å².